The Hall–Kier alpha value is -1.42. The number of rotatable bonds is 3. The van der Waals surface area contributed by atoms with E-state index in [4.69, 9.17) is 5.73 Å². The molecule has 2 N–H and O–H groups in total. The van der Waals surface area contributed by atoms with Gasteiger partial charge < -0.3 is 10.6 Å². The van der Waals surface area contributed by atoms with Crippen LogP contribution in [0.25, 0.3) is 0 Å². The molecule has 0 radical (unpaired) electrons. The van der Waals surface area contributed by atoms with E-state index < -0.39 is 0 Å². The van der Waals surface area contributed by atoms with E-state index >= 15 is 0 Å². The molecule has 0 aliphatic rings. The van der Waals surface area contributed by atoms with Gasteiger partial charge in [0.25, 0.3) is 5.91 Å². The molecule has 0 unspecified atom stereocenters. The van der Waals surface area contributed by atoms with Crippen molar-refractivity contribution >= 4 is 5.91 Å². The van der Waals surface area contributed by atoms with Crippen LogP contribution in [0.1, 0.15) is 29.9 Å². The van der Waals surface area contributed by atoms with Crippen LogP contribution < -0.4 is 5.73 Å². The van der Waals surface area contributed by atoms with Gasteiger partial charge in [0.05, 0.1) is 5.69 Å². The van der Waals surface area contributed by atoms with E-state index in [1.165, 1.54) is 0 Å². The molecule has 1 rings (SSSR count). The number of carbonyl (C=O) groups is 1. The van der Waals surface area contributed by atoms with Crippen LogP contribution in [0.15, 0.2) is 18.3 Å². The summed E-state index contributed by atoms with van der Waals surface area (Å²) in [4.78, 5) is 17.7. The Labute approximate surface area is 90.1 Å². The highest BCUT2D eigenvalue weighted by Gasteiger charge is 2.14. The zero-order chi connectivity index (χ0) is 11.4. The zero-order valence-corrected chi connectivity index (χ0v) is 9.40. The molecule has 0 bridgehead atoms. The molecule has 1 amide bonds. The number of nitrogens with zero attached hydrogens (tertiary/aromatic N) is 2. The number of nitrogens with two attached hydrogens (primary N) is 1. The van der Waals surface area contributed by atoms with Crippen LogP contribution >= 0.6 is 0 Å². The van der Waals surface area contributed by atoms with Crippen molar-refractivity contribution in [2.45, 2.75) is 26.4 Å². The largest absolute Gasteiger partial charge is 0.339 e. The summed E-state index contributed by atoms with van der Waals surface area (Å²) >= 11 is 0. The lowest BCUT2D eigenvalue weighted by Crippen LogP contribution is -2.33. The van der Waals surface area contributed by atoms with Crippen molar-refractivity contribution in [1.82, 2.24) is 9.88 Å². The third kappa shape index (κ3) is 2.76. The van der Waals surface area contributed by atoms with Gasteiger partial charge in [-0.3, -0.25) is 9.78 Å². The van der Waals surface area contributed by atoms with Gasteiger partial charge in [-0.2, -0.15) is 0 Å². The predicted octanol–water partition coefficient (Wildman–Crippen LogP) is 1.02. The number of amides is 1. The summed E-state index contributed by atoms with van der Waals surface area (Å²) in [6.45, 7) is 4.30. The molecule has 0 saturated heterocycles. The first kappa shape index (κ1) is 11.7. The van der Waals surface area contributed by atoms with E-state index in [1.54, 1.807) is 30.3 Å². The molecule has 1 heterocycles. The molecule has 0 aromatic carbocycles. The molecular weight excluding hydrogens is 190 g/mol. The quantitative estimate of drug-likeness (QED) is 0.805. The van der Waals surface area contributed by atoms with Crippen molar-refractivity contribution in [2.24, 2.45) is 5.73 Å². The first-order valence-corrected chi connectivity index (χ1v) is 4.98. The molecule has 1 aromatic rings. The van der Waals surface area contributed by atoms with Gasteiger partial charge in [0, 0.05) is 31.4 Å². The summed E-state index contributed by atoms with van der Waals surface area (Å²) in [5, 5.41) is 0. The Morgan fingerprint density at radius 1 is 1.60 bits per heavy atom. The van der Waals surface area contributed by atoms with Gasteiger partial charge in [0.2, 0.25) is 0 Å². The van der Waals surface area contributed by atoms with E-state index in [2.05, 4.69) is 4.98 Å². The van der Waals surface area contributed by atoms with Gasteiger partial charge in [-0.15, -0.1) is 0 Å². The minimum Gasteiger partial charge on any atom is -0.339 e. The van der Waals surface area contributed by atoms with Gasteiger partial charge in [-0.25, -0.2) is 0 Å². The highest BCUT2D eigenvalue weighted by atomic mass is 16.2. The first-order valence-electron chi connectivity index (χ1n) is 4.98. The van der Waals surface area contributed by atoms with Crippen LogP contribution in [0.2, 0.25) is 0 Å². The second-order valence-electron chi connectivity index (χ2n) is 3.75. The molecule has 15 heavy (non-hydrogen) atoms. The maximum atomic E-state index is 11.9. The normalized spacial score (nSPS) is 10.5. The average Bonchev–Trinajstić information content (AvgIpc) is 2.27. The van der Waals surface area contributed by atoms with Crippen LogP contribution in [-0.4, -0.2) is 28.9 Å². The van der Waals surface area contributed by atoms with E-state index in [9.17, 15) is 4.79 Å². The van der Waals surface area contributed by atoms with Crippen molar-refractivity contribution < 1.29 is 4.79 Å². The summed E-state index contributed by atoms with van der Waals surface area (Å²) < 4.78 is 0. The van der Waals surface area contributed by atoms with Crippen LogP contribution in [0, 0.1) is 0 Å². The molecule has 0 aliphatic carbocycles. The lowest BCUT2D eigenvalue weighted by molar-refractivity contribution is 0.0754. The maximum Gasteiger partial charge on any atom is 0.253 e. The van der Waals surface area contributed by atoms with Crippen molar-refractivity contribution in [2.75, 3.05) is 7.05 Å². The lowest BCUT2D eigenvalue weighted by atomic mass is 10.2. The second kappa shape index (κ2) is 4.89. The average molecular weight is 207 g/mol. The van der Waals surface area contributed by atoms with Crippen LogP contribution in [0.4, 0.5) is 0 Å². The topological polar surface area (TPSA) is 59.2 Å². The Bertz CT molecular complexity index is 349. The number of carbonyl (C=O) groups excluding carboxylic acids is 1. The molecule has 4 nitrogen and oxygen atoms in total. The van der Waals surface area contributed by atoms with Crippen molar-refractivity contribution in [3.8, 4) is 0 Å². The predicted molar refractivity (Wildman–Crippen MR) is 59.4 cm³/mol. The number of hydrogen-bond acceptors (Lipinski definition) is 3. The van der Waals surface area contributed by atoms with Crippen LogP contribution in [0.5, 0.6) is 0 Å². The summed E-state index contributed by atoms with van der Waals surface area (Å²) in [5.74, 6) is 0.00194. The molecule has 1 aromatic heterocycles. The first-order chi connectivity index (χ1) is 7.06. The Morgan fingerprint density at radius 3 is 2.80 bits per heavy atom. The Balaban J connectivity index is 2.91. The molecule has 0 aliphatic heterocycles. The molecule has 0 spiro atoms. The fourth-order valence-corrected chi connectivity index (χ4v) is 1.16. The Morgan fingerprint density at radius 2 is 2.27 bits per heavy atom. The lowest BCUT2D eigenvalue weighted by Gasteiger charge is -2.21. The highest BCUT2D eigenvalue weighted by molar-refractivity contribution is 5.94. The number of aromatic nitrogens is 1. The molecule has 0 fully saturated rings. The van der Waals surface area contributed by atoms with E-state index in [0.717, 1.165) is 5.69 Å². The van der Waals surface area contributed by atoms with E-state index in [-0.39, 0.29) is 11.9 Å². The van der Waals surface area contributed by atoms with Crippen molar-refractivity contribution in [3.05, 3.63) is 29.6 Å². The third-order valence-corrected chi connectivity index (χ3v) is 2.37. The minimum absolute atomic E-state index is 0.00194. The molecule has 0 saturated carbocycles. The van der Waals surface area contributed by atoms with Gasteiger partial charge in [-0.05, 0) is 26.0 Å². The number of pyridine rings is 1. The fourth-order valence-electron chi connectivity index (χ4n) is 1.16. The third-order valence-electron chi connectivity index (χ3n) is 2.37. The highest BCUT2D eigenvalue weighted by Crippen LogP contribution is 2.07. The van der Waals surface area contributed by atoms with Crippen LogP contribution in [0.3, 0.4) is 0 Å². The SMILES string of the molecule is CC(C)N(C)C(=O)c1ccnc(CN)c1. The zero-order valence-electron chi connectivity index (χ0n) is 9.40. The van der Waals surface area contributed by atoms with Gasteiger partial charge in [0.15, 0.2) is 0 Å². The van der Waals surface area contributed by atoms with Gasteiger partial charge >= 0.3 is 0 Å². The molecule has 0 atom stereocenters. The fraction of sp³-hybridized carbons (Fsp3) is 0.455. The van der Waals surface area contributed by atoms with E-state index in [1.807, 2.05) is 13.8 Å². The van der Waals surface area contributed by atoms with Gasteiger partial charge in [-0.1, -0.05) is 0 Å². The maximum absolute atomic E-state index is 11.9. The second-order valence-corrected chi connectivity index (χ2v) is 3.75. The van der Waals surface area contributed by atoms with Crippen molar-refractivity contribution in [1.29, 1.82) is 0 Å². The summed E-state index contributed by atoms with van der Waals surface area (Å²) in [5.41, 5.74) is 6.84. The van der Waals surface area contributed by atoms with Crippen LogP contribution in [-0.2, 0) is 6.54 Å². The summed E-state index contributed by atoms with van der Waals surface area (Å²) in [6, 6.07) is 3.63. The Kier molecular flexibility index (Phi) is 3.80. The molecule has 82 valence electrons. The van der Waals surface area contributed by atoms with E-state index in [0.29, 0.717) is 12.1 Å². The smallest absolute Gasteiger partial charge is 0.253 e. The summed E-state index contributed by atoms with van der Waals surface area (Å²) in [6.07, 6.45) is 1.61. The standard InChI is InChI=1S/C11H17N3O/c1-8(2)14(3)11(15)9-4-5-13-10(6-9)7-12/h4-6,8H,7,12H2,1-3H3. The van der Waals surface area contributed by atoms with Crippen molar-refractivity contribution in [3.63, 3.8) is 0 Å². The van der Waals surface area contributed by atoms with Gasteiger partial charge in [0.1, 0.15) is 0 Å². The monoisotopic (exact) mass is 207 g/mol. The molecule has 4 heteroatoms. The summed E-state index contributed by atoms with van der Waals surface area (Å²) in [7, 11) is 1.79. The molecular formula is C11H17N3O. The number of hydrogen-bond donors (Lipinski definition) is 1. The minimum atomic E-state index is 0.00194.